The van der Waals surface area contributed by atoms with E-state index in [0.29, 0.717) is 0 Å². The van der Waals surface area contributed by atoms with Gasteiger partial charge in [-0.15, -0.1) is 0 Å². The summed E-state index contributed by atoms with van der Waals surface area (Å²) in [6.45, 7) is 6.40. The van der Waals surface area contributed by atoms with Crippen molar-refractivity contribution in [1.29, 1.82) is 0 Å². The number of nitrogens with zero attached hydrogens (tertiary/aromatic N) is 1. The molecule has 2 heterocycles. The van der Waals surface area contributed by atoms with Crippen molar-refractivity contribution < 1.29 is 9.84 Å². The largest absolute Gasteiger partial charge is 0.389 e. The number of aliphatic hydroxyl groups is 1. The van der Waals surface area contributed by atoms with E-state index in [4.69, 9.17) is 4.74 Å². The molecule has 1 atom stereocenters. The number of nitrogens with one attached hydrogen (secondary N) is 1. The van der Waals surface area contributed by atoms with Crippen molar-refractivity contribution >= 4 is 0 Å². The standard InChI is InChI=1S/C11H20N2O2/c14-11-1-3-12-9-10(11)2-4-13-5-7-15-8-6-13/h2,11-12,14H,1,3-9H2/b10-2-. The van der Waals surface area contributed by atoms with Crippen molar-refractivity contribution in [3.05, 3.63) is 11.6 Å². The average molecular weight is 212 g/mol. The zero-order valence-electron chi connectivity index (χ0n) is 9.11. The molecule has 0 saturated carbocycles. The molecule has 4 nitrogen and oxygen atoms in total. The van der Waals surface area contributed by atoms with E-state index in [0.717, 1.165) is 57.9 Å². The third kappa shape index (κ3) is 3.28. The minimum Gasteiger partial charge on any atom is -0.389 e. The van der Waals surface area contributed by atoms with Gasteiger partial charge in [-0.2, -0.15) is 0 Å². The summed E-state index contributed by atoms with van der Waals surface area (Å²) in [5.74, 6) is 0. The number of piperidine rings is 1. The summed E-state index contributed by atoms with van der Waals surface area (Å²) in [5.41, 5.74) is 1.15. The maximum atomic E-state index is 9.75. The van der Waals surface area contributed by atoms with Gasteiger partial charge in [0.15, 0.2) is 0 Å². The number of morpholine rings is 1. The van der Waals surface area contributed by atoms with Gasteiger partial charge in [-0.1, -0.05) is 6.08 Å². The van der Waals surface area contributed by atoms with Crippen molar-refractivity contribution in [3.8, 4) is 0 Å². The molecule has 2 fully saturated rings. The smallest absolute Gasteiger partial charge is 0.0775 e. The summed E-state index contributed by atoms with van der Waals surface area (Å²) in [4.78, 5) is 2.36. The highest BCUT2D eigenvalue weighted by Gasteiger charge is 2.16. The van der Waals surface area contributed by atoms with Gasteiger partial charge in [-0.05, 0) is 18.5 Å². The second-order valence-electron chi connectivity index (χ2n) is 4.17. The molecule has 1 unspecified atom stereocenters. The predicted octanol–water partition coefficient (Wildman–Crippen LogP) is -0.401. The van der Waals surface area contributed by atoms with E-state index < -0.39 is 0 Å². The maximum Gasteiger partial charge on any atom is 0.0775 e. The number of ether oxygens (including phenoxy) is 1. The molecule has 0 aromatic rings. The fourth-order valence-corrected chi connectivity index (χ4v) is 2.01. The summed E-state index contributed by atoms with van der Waals surface area (Å²) in [6.07, 6.45) is 2.78. The number of hydrogen-bond donors (Lipinski definition) is 2. The lowest BCUT2D eigenvalue weighted by molar-refractivity contribution is 0.0431. The topological polar surface area (TPSA) is 44.7 Å². The summed E-state index contributed by atoms with van der Waals surface area (Å²) in [5, 5.41) is 13.0. The summed E-state index contributed by atoms with van der Waals surface area (Å²) in [7, 11) is 0. The van der Waals surface area contributed by atoms with Crippen molar-refractivity contribution in [2.75, 3.05) is 45.9 Å². The summed E-state index contributed by atoms with van der Waals surface area (Å²) in [6, 6.07) is 0. The Morgan fingerprint density at radius 2 is 2.27 bits per heavy atom. The fourth-order valence-electron chi connectivity index (χ4n) is 2.01. The van der Waals surface area contributed by atoms with E-state index in [9.17, 15) is 5.11 Å². The second kappa shape index (κ2) is 5.61. The van der Waals surface area contributed by atoms with Crippen LogP contribution in [0.3, 0.4) is 0 Å². The highest BCUT2D eigenvalue weighted by Crippen LogP contribution is 2.10. The van der Waals surface area contributed by atoms with Gasteiger partial charge in [-0.3, -0.25) is 4.90 Å². The Bertz CT molecular complexity index is 225. The second-order valence-corrected chi connectivity index (χ2v) is 4.17. The van der Waals surface area contributed by atoms with Crippen LogP contribution in [0.25, 0.3) is 0 Å². The van der Waals surface area contributed by atoms with Crippen molar-refractivity contribution in [3.63, 3.8) is 0 Å². The first-order chi connectivity index (χ1) is 7.36. The van der Waals surface area contributed by atoms with Crippen LogP contribution < -0.4 is 5.32 Å². The van der Waals surface area contributed by atoms with Gasteiger partial charge < -0.3 is 15.2 Å². The Labute approximate surface area is 90.9 Å². The Kier molecular flexibility index (Phi) is 4.14. The van der Waals surface area contributed by atoms with Gasteiger partial charge in [0.1, 0.15) is 0 Å². The highest BCUT2D eigenvalue weighted by atomic mass is 16.5. The monoisotopic (exact) mass is 212 g/mol. The lowest BCUT2D eigenvalue weighted by Gasteiger charge is -2.27. The predicted molar refractivity (Wildman–Crippen MR) is 58.8 cm³/mol. The Morgan fingerprint density at radius 1 is 1.47 bits per heavy atom. The fraction of sp³-hybridized carbons (Fsp3) is 0.818. The Balaban J connectivity index is 1.80. The minimum absolute atomic E-state index is 0.229. The van der Waals surface area contributed by atoms with Crippen LogP contribution in [0.4, 0.5) is 0 Å². The lowest BCUT2D eigenvalue weighted by Crippen LogP contribution is -2.38. The van der Waals surface area contributed by atoms with Crippen molar-refractivity contribution in [2.24, 2.45) is 0 Å². The van der Waals surface area contributed by atoms with Crippen molar-refractivity contribution in [2.45, 2.75) is 12.5 Å². The molecule has 0 amide bonds. The molecule has 2 N–H and O–H groups in total. The van der Waals surface area contributed by atoms with Crippen LogP contribution in [0.5, 0.6) is 0 Å². The molecule has 0 aliphatic carbocycles. The summed E-state index contributed by atoms with van der Waals surface area (Å²) < 4.78 is 5.29. The van der Waals surface area contributed by atoms with Gasteiger partial charge in [-0.25, -0.2) is 0 Å². The average Bonchev–Trinajstić information content (AvgIpc) is 2.29. The van der Waals surface area contributed by atoms with Gasteiger partial charge >= 0.3 is 0 Å². The molecule has 2 rings (SSSR count). The molecule has 0 bridgehead atoms. The first-order valence-electron chi connectivity index (χ1n) is 5.74. The lowest BCUT2D eigenvalue weighted by atomic mass is 10.0. The summed E-state index contributed by atoms with van der Waals surface area (Å²) >= 11 is 0. The van der Waals surface area contributed by atoms with Crippen molar-refractivity contribution in [1.82, 2.24) is 10.2 Å². The first kappa shape index (κ1) is 11.1. The Morgan fingerprint density at radius 3 is 3.00 bits per heavy atom. The highest BCUT2D eigenvalue weighted by molar-refractivity contribution is 5.13. The molecule has 0 aromatic carbocycles. The molecule has 15 heavy (non-hydrogen) atoms. The SMILES string of the molecule is OC1CCNC/C1=C/CN1CCOCC1. The van der Waals surface area contributed by atoms with Crippen LogP contribution >= 0.6 is 0 Å². The van der Waals surface area contributed by atoms with Gasteiger partial charge in [0, 0.05) is 26.2 Å². The van der Waals surface area contributed by atoms with Crippen LogP contribution in [-0.4, -0.2) is 62.0 Å². The molecule has 4 heteroatoms. The van der Waals surface area contributed by atoms with Crippen LogP contribution in [0.15, 0.2) is 11.6 Å². The van der Waals surface area contributed by atoms with E-state index in [1.165, 1.54) is 0 Å². The molecular formula is C11H20N2O2. The number of rotatable bonds is 2. The van der Waals surface area contributed by atoms with Crippen LogP contribution in [0.1, 0.15) is 6.42 Å². The Hall–Kier alpha value is -0.420. The van der Waals surface area contributed by atoms with E-state index in [1.54, 1.807) is 0 Å². The normalized spacial score (nSPS) is 32.1. The zero-order valence-corrected chi connectivity index (χ0v) is 9.11. The van der Waals surface area contributed by atoms with Crippen LogP contribution in [0.2, 0.25) is 0 Å². The molecule has 2 aliphatic rings. The van der Waals surface area contributed by atoms with E-state index in [2.05, 4.69) is 16.3 Å². The molecule has 0 spiro atoms. The number of hydrogen-bond acceptors (Lipinski definition) is 4. The van der Waals surface area contributed by atoms with E-state index in [-0.39, 0.29) is 6.10 Å². The first-order valence-corrected chi connectivity index (χ1v) is 5.74. The molecule has 2 aliphatic heterocycles. The van der Waals surface area contributed by atoms with Gasteiger partial charge in [0.05, 0.1) is 19.3 Å². The molecular weight excluding hydrogens is 192 g/mol. The quantitative estimate of drug-likeness (QED) is 0.611. The minimum atomic E-state index is -0.229. The van der Waals surface area contributed by atoms with Crippen LogP contribution in [0, 0.1) is 0 Å². The number of aliphatic hydroxyl groups excluding tert-OH is 1. The molecule has 0 aromatic heterocycles. The third-order valence-electron chi connectivity index (χ3n) is 3.07. The third-order valence-corrected chi connectivity index (χ3v) is 3.07. The maximum absolute atomic E-state index is 9.75. The van der Waals surface area contributed by atoms with Gasteiger partial charge in [0.2, 0.25) is 0 Å². The van der Waals surface area contributed by atoms with E-state index in [1.807, 2.05) is 0 Å². The molecule has 86 valence electrons. The van der Waals surface area contributed by atoms with Crippen LogP contribution in [-0.2, 0) is 4.74 Å². The zero-order chi connectivity index (χ0) is 10.5. The van der Waals surface area contributed by atoms with Gasteiger partial charge in [0.25, 0.3) is 0 Å². The molecule has 0 radical (unpaired) electrons. The van der Waals surface area contributed by atoms with E-state index >= 15 is 0 Å². The molecule has 2 saturated heterocycles.